The van der Waals surface area contributed by atoms with Gasteiger partial charge in [0, 0.05) is 55.4 Å². The van der Waals surface area contributed by atoms with E-state index in [0.29, 0.717) is 40.8 Å². The fraction of sp³-hybridized carbons (Fsp3) is 0.281. The fourth-order valence-corrected chi connectivity index (χ4v) is 4.86. The summed E-state index contributed by atoms with van der Waals surface area (Å²) in [6, 6.07) is 22.2. The van der Waals surface area contributed by atoms with E-state index in [-0.39, 0.29) is 11.8 Å². The smallest absolute Gasteiger partial charge is 0.337 e. The van der Waals surface area contributed by atoms with Gasteiger partial charge in [-0.25, -0.2) is 9.79 Å². The topological polar surface area (TPSA) is 156 Å². The maximum Gasteiger partial charge on any atom is 0.337 e. The Morgan fingerprint density at radius 2 is 1.60 bits per heavy atom. The van der Waals surface area contributed by atoms with E-state index in [1.165, 1.54) is 7.11 Å². The number of esters is 1. The maximum absolute atomic E-state index is 12.9. The number of aromatic nitrogens is 1. The normalized spacial score (nSPS) is 14.5. The number of piperazine rings is 1. The molecule has 0 spiro atoms. The van der Waals surface area contributed by atoms with Crippen molar-refractivity contribution in [1.29, 1.82) is 0 Å². The molecule has 1 fully saturated rings. The molecule has 13 heteroatoms. The lowest BCUT2D eigenvalue weighted by atomic mass is 10.00. The minimum atomic E-state index is -3.67. The molecule has 2 heterocycles. The second-order valence-corrected chi connectivity index (χ2v) is 12.2. The van der Waals surface area contributed by atoms with E-state index in [1.54, 1.807) is 30.1 Å². The number of rotatable bonds is 7. The van der Waals surface area contributed by atoms with Crippen LogP contribution in [0.3, 0.4) is 0 Å². The van der Waals surface area contributed by atoms with Crippen LogP contribution in [0.25, 0.3) is 10.9 Å². The summed E-state index contributed by atoms with van der Waals surface area (Å²) in [5.41, 5.74) is 4.34. The number of methoxy groups -OCH3 is 1. The van der Waals surface area contributed by atoms with Crippen molar-refractivity contribution in [1.82, 2.24) is 14.8 Å². The number of ether oxygens (including phenoxy) is 1. The molecule has 238 valence electrons. The molecule has 1 aromatic heterocycles. The van der Waals surface area contributed by atoms with Gasteiger partial charge in [-0.2, -0.15) is 8.42 Å². The summed E-state index contributed by atoms with van der Waals surface area (Å²) in [7, 11) is 1.55. The Bertz CT molecular complexity index is 1770. The van der Waals surface area contributed by atoms with Crippen molar-refractivity contribution >= 4 is 50.0 Å². The lowest BCUT2D eigenvalue weighted by molar-refractivity contribution is -0.119. The molecule has 1 aliphatic heterocycles. The Morgan fingerprint density at radius 3 is 2.20 bits per heavy atom. The summed E-state index contributed by atoms with van der Waals surface area (Å²) >= 11 is 0. The molecule has 4 aromatic rings. The number of carbonyl (C=O) groups is 2. The van der Waals surface area contributed by atoms with Gasteiger partial charge in [-0.05, 0) is 43.4 Å². The summed E-state index contributed by atoms with van der Waals surface area (Å²) in [6.45, 7) is 4.09. The third-order valence-corrected chi connectivity index (χ3v) is 7.29. The molecule has 12 nitrogen and oxygen atoms in total. The average Bonchev–Trinajstić information content (AvgIpc) is 3.34. The third-order valence-electron chi connectivity index (χ3n) is 7.29. The summed E-state index contributed by atoms with van der Waals surface area (Å²) in [5, 5.41) is 11.7. The average molecular weight is 636 g/mol. The van der Waals surface area contributed by atoms with Gasteiger partial charge in [-0.1, -0.05) is 36.4 Å². The molecule has 0 saturated carbocycles. The number of nitrogens with zero attached hydrogens (tertiary/aromatic N) is 4. The predicted octanol–water partition coefficient (Wildman–Crippen LogP) is 3.54. The quantitative estimate of drug-likeness (QED) is 0.157. The Labute approximate surface area is 262 Å². The van der Waals surface area contributed by atoms with Crippen molar-refractivity contribution in [2.45, 2.75) is 0 Å². The van der Waals surface area contributed by atoms with Crippen LogP contribution >= 0.6 is 0 Å². The van der Waals surface area contributed by atoms with Gasteiger partial charge in [0.25, 0.3) is 10.1 Å². The molecule has 45 heavy (non-hydrogen) atoms. The predicted molar refractivity (Wildman–Crippen MR) is 174 cm³/mol. The van der Waals surface area contributed by atoms with E-state index >= 15 is 0 Å². The second kappa shape index (κ2) is 14.5. The number of aromatic amines is 1. The van der Waals surface area contributed by atoms with Gasteiger partial charge in [0.1, 0.15) is 0 Å². The number of hydrogen-bond acceptors (Lipinski definition) is 9. The van der Waals surface area contributed by atoms with Crippen LogP contribution in [0.4, 0.5) is 11.4 Å². The highest BCUT2D eigenvalue weighted by Crippen LogP contribution is 2.32. The molecule has 0 aliphatic carbocycles. The van der Waals surface area contributed by atoms with Crippen LogP contribution in [-0.2, 0) is 19.6 Å². The molecule has 1 saturated heterocycles. The lowest BCUT2D eigenvalue weighted by Crippen LogP contribution is -2.48. The highest BCUT2D eigenvalue weighted by Gasteiger charge is 2.21. The zero-order valence-electron chi connectivity index (χ0n) is 25.6. The largest absolute Gasteiger partial charge is 0.494 e. The molecular formula is C32H37N5O7S. The molecule has 1 amide bonds. The minimum Gasteiger partial charge on any atom is -0.494 e. The Balaban J connectivity index is 0.000000854. The van der Waals surface area contributed by atoms with Crippen molar-refractivity contribution in [2.75, 3.05) is 65.1 Å². The van der Waals surface area contributed by atoms with Gasteiger partial charge in [0.15, 0.2) is 5.88 Å². The highest BCUT2D eigenvalue weighted by atomic mass is 32.2. The van der Waals surface area contributed by atoms with Crippen molar-refractivity contribution < 1.29 is 32.4 Å². The van der Waals surface area contributed by atoms with Crippen molar-refractivity contribution in [3.63, 3.8) is 0 Å². The number of carbonyl (C=O) groups excluding carboxylic acids is 2. The zero-order chi connectivity index (χ0) is 32.7. The minimum absolute atomic E-state index is 0.0424. The molecule has 1 aliphatic rings. The van der Waals surface area contributed by atoms with E-state index in [1.807, 2.05) is 54.6 Å². The summed E-state index contributed by atoms with van der Waals surface area (Å²) in [4.78, 5) is 39.0. The van der Waals surface area contributed by atoms with Gasteiger partial charge in [-0.3, -0.25) is 14.2 Å². The number of benzene rings is 3. The number of fused-ring (bicyclic) bond motifs is 1. The number of likely N-dealkylation sites (N-methyl/N-ethyl adjacent to an activating group) is 2. The molecule has 3 aromatic carbocycles. The second-order valence-electron chi connectivity index (χ2n) is 10.7. The van der Waals surface area contributed by atoms with E-state index in [0.717, 1.165) is 42.8 Å². The van der Waals surface area contributed by atoms with E-state index in [4.69, 9.17) is 14.3 Å². The number of aromatic hydroxyl groups is 1. The first-order valence-electron chi connectivity index (χ1n) is 14.1. The van der Waals surface area contributed by atoms with E-state index in [9.17, 15) is 23.1 Å². The van der Waals surface area contributed by atoms with Crippen LogP contribution < -0.4 is 4.90 Å². The number of anilines is 1. The zero-order valence-corrected chi connectivity index (χ0v) is 26.4. The number of aliphatic imine (C=N–C) groups is 1. The first kappa shape index (κ1) is 33.3. The van der Waals surface area contributed by atoms with Gasteiger partial charge < -0.3 is 24.6 Å². The SMILES string of the molecule is COC(=O)c1ccc2c(C(=Nc3ccc(N(C)C(=O)CN4CCN(C)CC4)cc3)c3ccccc3)c(O)[nH]c2c1.CS(=O)(=O)O. The Morgan fingerprint density at radius 1 is 0.978 bits per heavy atom. The fourth-order valence-electron chi connectivity index (χ4n) is 4.86. The van der Waals surface area contributed by atoms with Crippen molar-refractivity contribution in [2.24, 2.45) is 4.99 Å². The molecular weight excluding hydrogens is 598 g/mol. The number of H-pyrrole nitrogens is 1. The number of amides is 1. The molecule has 0 unspecified atom stereocenters. The summed E-state index contributed by atoms with van der Waals surface area (Å²) < 4.78 is 30.7. The van der Waals surface area contributed by atoms with Crippen LogP contribution in [0, 0.1) is 0 Å². The molecule has 0 atom stereocenters. The van der Waals surface area contributed by atoms with Crippen molar-refractivity contribution in [3.8, 4) is 5.88 Å². The van der Waals surface area contributed by atoms with E-state index < -0.39 is 16.1 Å². The van der Waals surface area contributed by atoms with Crippen LogP contribution in [-0.4, -0.2) is 111 Å². The lowest BCUT2D eigenvalue weighted by Gasteiger charge is -2.32. The van der Waals surface area contributed by atoms with Gasteiger partial charge in [-0.15, -0.1) is 0 Å². The summed E-state index contributed by atoms with van der Waals surface area (Å²) in [6.07, 6.45) is 0.715. The standard InChI is InChI=1S/C31H33N5O4.CH4O3S/c1-34-15-17-36(18-16-34)20-27(37)35(2)24-12-10-23(11-13-24)32-29(21-7-5-4-6-8-21)28-25-14-9-22(31(39)40-3)19-26(25)33-30(28)38;1-5(2,3)4/h4-14,19,33,38H,15-18,20H2,1-3H3;1H3,(H,2,3,4). The van der Waals surface area contributed by atoms with Crippen LogP contribution in [0.1, 0.15) is 21.5 Å². The Hall–Kier alpha value is -4.56. The molecule has 0 bridgehead atoms. The monoisotopic (exact) mass is 635 g/mol. The maximum atomic E-state index is 12.9. The van der Waals surface area contributed by atoms with Crippen LogP contribution in [0.15, 0.2) is 77.8 Å². The van der Waals surface area contributed by atoms with Crippen LogP contribution in [0.2, 0.25) is 0 Å². The molecule has 3 N–H and O–H groups in total. The van der Waals surface area contributed by atoms with Gasteiger partial charge >= 0.3 is 5.97 Å². The van der Waals surface area contributed by atoms with Gasteiger partial charge in [0.2, 0.25) is 5.91 Å². The highest BCUT2D eigenvalue weighted by molar-refractivity contribution is 7.85. The van der Waals surface area contributed by atoms with Gasteiger partial charge in [0.05, 0.1) is 42.4 Å². The molecule has 5 rings (SSSR count). The van der Waals surface area contributed by atoms with E-state index in [2.05, 4.69) is 21.8 Å². The summed E-state index contributed by atoms with van der Waals surface area (Å²) in [5.74, 6) is -0.465. The first-order chi connectivity index (χ1) is 21.3. The Kier molecular flexibility index (Phi) is 10.7. The van der Waals surface area contributed by atoms with Crippen LogP contribution in [0.5, 0.6) is 5.88 Å². The number of nitrogens with one attached hydrogen (secondary N) is 1. The third kappa shape index (κ3) is 8.99. The van der Waals surface area contributed by atoms with Crippen molar-refractivity contribution in [3.05, 3.63) is 89.5 Å². The molecule has 0 radical (unpaired) electrons. The number of hydrogen-bond donors (Lipinski definition) is 3. The first-order valence-corrected chi connectivity index (χ1v) is 16.0.